The number of halogens is 2. The van der Waals surface area contributed by atoms with Crippen LogP contribution in [-0.2, 0) is 29.5 Å². The van der Waals surface area contributed by atoms with E-state index in [1.807, 2.05) is 48.1 Å². The molecule has 0 amide bonds. The van der Waals surface area contributed by atoms with Gasteiger partial charge in [0, 0.05) is 43.4 Å². The number of aromatic nitrogens is 3. The van der Waals surface area contributed by atoms with E-state index < -0.39 is 10.0 Å². The summed E-state index contributed by atoms with van der Waals surface area (Å²) in [7, 11) is -3.73. The molecule has 0 aliphatic carbocycles. The minimum Gasteiger partial charge on any atom is -0.364 e. The van der Waals surface area contributed by atoms with Crippen LogP contribution < -0.4 is 4.90 Å². The van der Waals surface area contributed by atoms with Gasteiger partial charge in [0.2, 0.25) is 0 Å². The smallest absolute Gasteiger partial charge is 0.253 e. The highest BCUT2D eigenvalue weighted by molar-refractivity contribution is 7.91. The van der Waals surface area contributed by atoms with Crippen molar-refractivity contribution in [2.24, 2.45) is 0 Å². The topological polar surface area (TPSA) is 82.2 Å². The number of fused-ring (bicyclic) bond motifs is 1. The Balaban J connectivity index is 0.00000185. The number of aromatic amines is 1. The second-order valence-corrected chi connectivity index (χ2v) is 12.4. The number of rotatable bonds is 7. The summed E-state index contributed by atoms with van der Waals surface area (Å²) in [4.78, 5) is 14.0. The van der Waals surface area contributed by atoms with Gasteiger partial charge in [-0.15, -0.1) is 36.2 Å². The average molecular weight is 615 g/mol. The van der Waals surface area contributed by atoms with Gasteiger partial charge >= 0.3 is 0 Å². The Morgan fingerprint density at radius 2 is 1.77 bits per heavy atom. The minimum absolute atomic E-state index is 0. The summed E-state index contributed by atoms with van der Waals surface area (Å²) in [6.07, 6.45) is 7.60. The number of thiophene rings is 1. The van der Waals surface area contributed by atoms with Crippen LogP contribution in [0.5, 0.6) is 0 Å². The lowest BCUT2D eigenvalue weighted by Gasteiger charge is -2.31. The zero-order valence-electron chi connectivity index (χ0n) is 21.5. The number of hydrogen-bond donors (Lipinski definition) is 1. The number of anilines is 1. The molecule has 40 heavy (non-hydrogen) atoms. The number of sulfonamides is 1. The summed E-state index contributed by atoms with van der Waals surface area (Å²) >= 11 is 1.26. The zero-order chi connectivity index (χ0) is 26.0. The van der Waals surface area contributed by atoms with Crippen LogP contribution in [-0.4, -0.2) is 40.3 Å². The van der Waals surface area contributed by atoms with Crippen LogP contribution >= 0.6 is 36.2 Å². The number of hydrogen-bond acceptors (Lipinski definition) is 6. The summed E-state index contributed by atoms with van der Waals surface area (Å²) in [5, 5.41) is 1.81. The molecule has 0 saturated heterocycles. The van der Waals surface area contributed by atoms with E-state index in [-0.39, 0.29) is 37.4 Å². The molecule has 11 heteroatoms. The van der Waals surface area contributed by atoms with Crippen LogP contribution in [0.4, 0.5) is 5.69 Å². The first-order valence-corrected chi connectivity index (χ1v) is 14.7. The fourth-order valence-corrected chi connectivity index (χ4v) is 7.78. The van der Waals surface area contributed by atoms with Gasteiger partial charge in [-0.3, -0.25) is 4.98 Å². The van der Waals surface area contributed by atoms with Crippen molar-refractivity contribution >= 4 is 51.9 Å². The molecule has 0 saturated carbocycles. The maximum absolute atomic E-state index is 14.1. The number of benzene rings is 2. The molecule has 1 aliphatic heterocycles. The van der Waals surface area contributed by atoms with E-state index in [1.54, 1.807) is 29.0 Å². The Bertz CT molecular complexity index is 1600. The number of H-pyrrole nitrogens is 1. The Morgan fingerprint density at radius 1 is 0.925 bits per heavy atom. The Kier molecular flexibility index (Phi) is 9.65. The second kappa shape index (κ2) is 13.0. The summed E-state index contributed by atoms with van der Waals surface area (Å²) in [6, 6.07) is 23.6. The molecule has 0 bridgehead atoms. The highest BCUT2D eigenvalue weighted by Crippen LogP contribution is 2.36. The van der Waals surface area contributed by atoms with E-state index >= 15 is 0 Å². The van der Waals surface area contributed by atoms with Crippen molar-refractivity contribution in [3.05, 3.63) is 120 Å². The maximum Gasteiger partial charge on any atom is 0.253 e. The quantitative estimate of drug-likeness (QED) is 0.236. The number of nitrogens with zero attached hydrogens (tertiary/aromatic N) is 4. The van der Waals surface area contributed by atoms with Gasteiger partial charge in [-0.25, -0.2) is 13.4 Å². The molecule has 5 aromatic rings. The average Bonchev–Trinajstić information content (AvgIpc) is 3.65. The number of pyridine rings is 1. The van der Waals surface area contributed by atoms with E-state index in [0.29, 0.717) is 23.7 Å². The van der Waals surface area contributed by atoms with Crippen LogP contribution in [0.15, 0.2) is 107 Å². The lowest BCUT2D eigenvalue weighted by Crippen LogP contribution is -2.45. The summed E-state index contributed by atoms with van der Waals surface area (Å²) in [6.45, 7) is 1.39. The normalized spacial score (nSPS) is 15.4. The molecule has 2 aromatic carbocycles. The van der Waals surface area contributed by atoms with Gasteiger partial charge in [-0.1, -0.05) is 48.5 Å². The van der Waals surface area contributed by atoms with Crippen LogP contribution in [0.2, 0.25) is 0 Å². The standard InChI is InChI=1S/C29H27N5O2S2.2ClH/c35-38(36,29-9-5-13-37-29)34-18-25-15-24(23-7-2-1-3-8-23)10-11-28(25)33(19-26-17-31-21-32-26)20-27(34)14-22-6-4-12-30-16-22;;/h1-13,15-17,21,27H,14,18-20H2,(H,31,32);2*1H/t27-;;/m1../s1. The van der Waals surface area contributed by atoms with Crippen LogP contribution in [0.1, 0.15) is 16.8 Å². The molecular formula is C29H29Cl2N5O2S2. The maximum atomic E-state index is 14.1. The first kappa shape index (κ1) is 29.8. The largest absolute Gasteiger partial charge is 0.364 e. The first-order chi connectivity index (χ1) is 18.6. The van der Waals surface area contributed by atoms with Crippen molar-refractivity contribution in [2.45, 2.75) is 29.8 Å². The molecule has 0 spiro atoms. The van der Waals surface area contributed by atoms with Gasteiger partial charge in [-0.2, -0.15) is 4.31 Å². The predicted octanol–water partition coefficient (Wildman–Crippen LogP) is 6.20. The third-order valence-electron chi connectivity index (χ3n) is 6.86. The van der Waals surface area contributed by atoms with Gasteiger partial charge in [-0.05, 0) is 58.3 Å². The van der Waals surface area contributed by atoms with E-state index in [1.165, 1.54) is 11.3 Å². The summed E-state index contributed by atoms with van der Waals surface area (Å²) in [5.74, 6) is 0. The van der Waals surface area contributed by atoms with Crippen molar-refractivity contribution in [3.8, 4) is 11.1 Å². The van der Waals surface area contributed by atoms with Gasteiger partial charge in [0.25, 0.3) is 10.0 Å². The van der Waals surface area contributed by atoms with Gasteiger partial charge in [0.1, 0.15) is 4.21 Å². The van der Waals surface area contributed by atoms with E-state index in [4.69, 9.17) is 0 Å². The highest BCUT2D eigenvalue weighted by atomic mass is 35.5. The molecule has 0 unspecified atom stereocenters. The Hall–Kier alpha value is -3.21. The molecule has 0 fully saturated rings. The Morgan fingerprint density at radius 3 is 2.48 bits per heavy atom. The van der Waals surface area contributed by atoms with Crippen LogP contribution in [0.25, 0.3) is 11.1 Å². The molecule has 0 radical (unpaired) electrons. The molecule has 4 heterocycles. The lowest BCUT2D eigenvalue weighted by molar-refractivity contribution is 0.318. The zero-order valence-corrected chi connectivity index (χ0v) is 24.7. The van der Waals surface area contributed by atoms with Crippen molar-refractivity contribution < 1.29 is 8.42 Å². The SMILES string of the molecule is Cl.Cl.O=S(=O)(c1cccs1)N1Cc2cc(-c3ccccc3)ccc2N(Cc2cnc[nH]2)C[C@H]1Cc1cccnc1. The Labute approximate surface area is 250 Å². The minimum atomic E-state index is -3.73. The fourth-order valence-electron chi connectivity index (χ4n) is 5.06. The van der Waals surface area contributed by atoms with Crippen molar-refractivity contribution in [1.82, 2.24) is 19.3 Å². The van der Waals surface area contributed by atoms with E-state index in [0.717, 1.165) is 33.6 Å². The van der Waals surface area contributed by atoms with Gasteiger partial charge in [0.05, 0.1) is 18.6 Å². The number of nitrogens with one attached hydrogen (secondary N) is 1. The lowest BCUT2D eigenvalue weighted by atomic mass is 10.0. The van der Waals surface area contributed by atoms with Gasteiger partial charge < -0.3 is 9.88 Å². The molecule has 1 atom stereocenters. The third-order valence-corrected chi connectivity index (χ3v) is 10.1. The fraction of sp³-hybridized carbons (Fsp3) is 0.172. The van der Waals surface area contributed by atoms with Crippen LogP contribution in [0.3, 0.4) is 0 Å². The van der Waals surface area contributed by atoms with E-state index in [2.05, 4.69) is 50.2 Å². The highest BCUT2D eigenvalue weighted by Gasteiger charge is 2.37. The molecule has 1 N–H and O–H groups in total. The second-order valence-electron chi connectivity index (χ2n) is 9.37. The monoisotopic (exact) mass is 613 g/mol. The summed E-state index contributed by atoms with van der Waals surface area (Å²) < 4.78 is 30.2. The molecule has 7 nitrogen and oxygen atoms in total. The van der Waals surface area contributed by atoms with Crippen molar-refractivity contribution in [1.29, 1.82) is 0 Å². The van der Waals surface area contributed by atoms with Crippen LogP contribution in [0, 0.1) is 0 Å². The van der Waals surface area contributed by atoms with Crippen molar-refractivity contribution in [3.63, 3.8) is 0 Å². The molecule has 3 aromatic heterocycles. The predicted molar refractivity (Wildman–Crippen MR) is 165 cm³/mol. The number of imidazole rings is 1. The molecular weight excluding hydrogens is 585 g/mol. The molecule has 208 valence electrons. The van der Waals surface area contributed by atoms with Crippen molar-refractivity contribution in [2.75, 3.05) is 11.4 Å². The van der Waals surface area contributed by atoms with Gasteiger partial charge in [0.15, 0.2) is 0 Å². The third kappa shape index (κ3) is 6.24. The molecule has 1 aliphatic rings. The summed E-state index contributed by atoms with van der Waals surface area (Å²) in [5.41, 5.74) is 6.13. The molecule has 6 rings (SSSR count). The first-order valence-electron chi connectivity index (χ1n) is 12.4. The van der Waals surface area contributed by atoms with E-state index in [9.17, 15) is 8.42 Å².